The minimum Gasteiger partial charge on any atom is -0.380 e. The van der Waals surface area contributed by atoms with E-state index in [0.717, 1.165) is 30.6 Å². The highest BCUT2D eigenvalue weighted by molar-refractivity contribution is 5.91. The molecule has 5 N–H and O–H groups in total. The van der Waals surface area contributed by atoms with Crippen LogP contribution in [-0.2, 0) is 20.9 Å². The van der Waals surface area contributed by atoms with E-state index in [1.165, 1.54) is 7.11 Å². The summed E-state index contributed by atoms with van der Waals surface area (Å²) in [5, 5.41) is 2.86. The molecule has 7 nitrogen and oxygen atoms in total. The number of carbonyl (C=O) groups is 2. The maximum absolute atomic E-state index is 12.0. The number of nitrogens with two attached hydrogens (primary N) is 2. The second kappa shape index (κ2) is 12.1. The Morgan fingerprint density at radius 2 is 2.12 bits per heavy atom. The number of likely N-dealkylation sites (tertiary alicyclic amines) is 1. The second-order valence-electron chi connectivity index (χ2n) is 6.08. The standard InChI is InChI=1S/C17H26N4O3.2ClH/c1-24-14(10-18)9-16(22)20-13-5-2-4-12(8-13)11-21-7-3-6-15(21)17(19)23;;/h2,4-5,8,14-15H,3,6-7,9-11,18H2,1H3,(H2,19,23)(H,20,22);2*1H. The quantitative estimate of drug-likeness (QED) is 0.601. The van der Waals surface area contributed by atoms with Crippen LogP contribution in [0.25, 0.3) is 0 Å². The van der Waals surface area contributed by atoms with E-state index in [2.05, 4.69) is 10.2 Å². The number of hydrogen-bond acceptors (Lipinski definition) is 5. The van der Waals surface area contributed by atoms with Crippen molar-refractivity contribution < 1.29 is 14.3 Å². The fourth-order valence-electron chi connectivity index (χ4n) is 3.00. The number of amides is 2. The first-order valence-electron chi connectivity index (χ1n) is 8.18. The molecule has 0 radical (unpaired) electrons. The van der Waals surface area contributed by atoms with Gasteiger partial charge in [0.05, 0.1) is 18.6 Å². The molecule has 148 valence electrons. The number of carbonyl (C=O) groups excluding carboxylic acids is 2. The molecule has 1 aromatic carbocycles. The van der Waals surface area contributed by atoms with Crippen LogP contribution in [0.1, 0.15) is 24.8 Å². The van der Waals surface area contributed by atoms with Crippen LogP contribution in [0.4, 0.5) is 5.69 Å². The Balaban J connectivity index is 0.00000312. The summed E-state index contributed by atoms with van der Waals surface area (Å²) in [4.78, 5) is 25.6. The lowest BCUT2D eigenvalue weighted by atomic mass is 10.1. The molecular weight excluding hydrogens is 379 g/mol. The first-order chi connectivity index (χ1) is 11.5. The molecule has 2 unspecified atom stereocenters. The number of primary amides is 1. The van der Waals surface area contributed by atoms with Gasteiger partial charge in [0.25, 0.3) is 0 Å². The Labute approximate surface area is 166 Å². The summed E-state index contributed by atoms with van der Waals surface area (Å²) in [7, 11) is 1.54. The number of hydrogen-bond donors (Lipinski definition) is 3. The highest BCUT2D eigenvalue weighted by Gasteiger charge is 2.28. The molecule has 2 amide bonds. The van der Waals surface area contributed by atoms with Crippen LogP contribution in [0.3, 0.4) is 0 Å². The van der Waals surface area contributed by atoms with Crippen LogP contribution < -0.4 is 16.8 Å². The van der Waals surface area contributed by atoms with Crippen molar-refractivity contribution in [1.29, 1.82) is 0 Å². The summed E-state index contributed by atoms with van der Waals surface area (Å²) in [6, 6.07) is 7.41. The lowest BCUT2D eigenvalue weighted by Gasteiger charge is -2.22. The molecule has 0 bridgehead atoms. The molecule has 1 fully saturated rings. The second-order valence-corrected chi connectivity index (χ2v) is 6.08. The van der Waals surface area contributed by atoms with Gasteiger partial charge in [-0.15, -0.1) is 24.8 Å². The van der Waals surface area contributed by atoms with E-state index in [0.29, 0.717) is 13.1 Å². The highest BCUT2D eigenvalue weighted by atomic mass is 35.5. The van der Waals surface area contributed by atoms with Crippen LogP contribution in [0, 0.1) is 0 Å². The van der Waals surface area contributed by atoms with Crippen LogP contribution in [0.5, 0.6) is 0 Å². The van der Waals surface area contributed by atoms with Gasteiger partial charge in [0.1, 0.15) is 0 Å². The van der Waals surface area contributed by atoms with Crippen molar-refractivity contribution in [3.8, 4) is 0 Å². The van der Waals surface area contributed by atoms with Gasteiger partial charge in [0, 0.05) is 25.9 Å². The van der Waals surface area contributed by atoms with E-state index in [4.69, 9.17) is 16.2 Å². The minimum absolute atomic E-state index is 0. The van der Waals surface area contributed by atoms with Crippen molar-refractivity contribution in [2.75, 3.05) is 25.5 Å². The van der Waals surface area contributed by atoms with Crippen molar-refractivity contribution in [3.05, 3.63) is 29.8 Å². The minimum atomic E-state index is -0.283. The molecule has 0 saturated carbocycles. The normalized spacial score (nSPS) is 17.7. The van der Waals surface area contributed by atoms with Crippen molar-refractivity contribution in [2.45, 2.75) is 38.0 Å². The molecule has 1 aromatic rings. The zero-order chi connectivity index (χ0) is 17.5. The van der Waals surface area contributed by atoms with Crippen molar-refractivity contribution >= 4 is 42.3 Å². The largest absolute Gasteiger partial charge is 0.380 e. The number of benzene rings is 1. The van der Waals surface area contributed by atoms with E-state index < -0.39 is 0 Å². The van der Waals surface area contributed by atoms with Gasteiger partial charge in [-0.3, -0.25) is 14.5 Å². The summed E-state index contributed by atoms with van der Waals surface area (Å²) in [5.74, 6) is -0.412. The van der Waals surface area contributed by atoms with Gasteiger partial charge in [-0.1, -0.05) is 12.1 Å². The van der Waals surface area contributed by atoms with Crippen LogP contribution in [-0.4, -0.2) is 49.1 Å². The fraction of sp³-hybridized carbons (Fsp3) is 0.529. The highest BCUT2D eigenvalue weighted by Crippen LogP contribution is 2.21. The monoisotopic (exact) mass is 406 g/mol. The third-order valence-electron chi connectivity index (χ3n) is 4.30. The molecule has 1 aliphatic rings. The SMILES string of the molecule is COC(CN)CC(=O)Nc1cccc(CN2CCCC2C(N)=O)c1.Cl.Cl. The zero-order valence-corrected chi connectivity index (χ0v) is 16.5. The number of nitrogens with one attached hydrogen (secondary N) is 1. The maximum Gasteiger partial charge on any atom is 0.234 e. The van der Waals surface area contributed by atoms with Crippen LogP contribution in [0.15, 0.2) is 24.3 Å². The molecule has 0 aliphatic carbocycles. The molecule has 9 heteroatoms. The molecular formula is C17H28Cl2N4O3. The number of ether oxygens (including phenoxy) is 1. The van der Waals surface area contributed by atoms with Gasteiger partial charge < -0.3 is 21.5 Å². The molecule has 1 saturated heterocycles. The van der Waals surface area contributed by atoms with Crippen molar-refractivity contribution in [2.24, 2.45) is 11.5 Å². The molecule has 0 aromatic heterocycles. The van der Waals surface area contributed by atoms with E-state index in [1.54, 1.807) is 0 Å². The molecule has 2 rings (SSSR count). The van der Waals surface area contributed by atoms with E-state index in [9.17, 15) is 9.59 Å². The third-order valence-corrected chi connectivity index (χ3v) is 4.30. The first-order valence-corrected chi connectivity index (χ1v) is 8.18. The number of halogens is 2. The topological polar surface area (TPSA) is 111 Å². The third kappa shape index (κ3) is 7.09. The summed E-state index contributed by atoms with van der Waals surface area (Å²) < 4.78 is 5.12. The Morgan fingerprint density at radius 1 is 1.38 bits per heavy atom. The fourth-order valence-corrected chi connectivity index (χ4v) is 3.00. The smallest absolute Gasteiger partial charge is 0.234 e. The number of rotatable bonds is 8. The maximum atomic E-state index is 12.0. The van der Waals surface area contributed by atoms with Gasteiger partial charge >= 0.3 is 0 Å². The summed E-state index contributed by atoms with van der Waals surface area (Å²) in [6.45, 7) is 1.80. The van der Waals surface area contributed by atoms with Crippen molar-refractivity contribution in [1.82, 2.24) is 4.90 Å². The van der Waals surface area contributed by atoms with Gasteiger partial charge in [0.15, 0.2) is 0 Å². The van der Waals surface area contributed by atoms with Crippen LogP contribution >= 0.6 is 24.8 Å². The lowest BCUT2D eigenvalue weighted by Crippen LogP contribution is -2.39. The first kappa shape index (κ1) is 24.6. The average molecular weight is 407 g/mol. The van der Waals surface area contributed by atoms with Gasteiger partial charge in [-0.2, -0.15) is 0 Å². The van der Waals surface area contributed by atoms with E-state index >= 15 is 0 Å². The van der Waals surface area contributed by atoms with Gasteiger partial charge in [-0.25, -0.2) is 0 Å². The Hall–Kier alpha value is -1.38. The molecule has 26 heavy (non-hydrogen) atoms. The zero-order valence-electron chi connectivity index (χ0n) is 14.8. The van der Waals surface area contributed by atoms with Gasteiger partial charge in [0.2, 0.25) is 11.8 Å². The van der Waals surface area contributed by atoms with E-state index in [1.807, 2.05) is 24.3 Å². The van der Waals surface area contributed by atoms with Crippen molar-refractivity contribution in [3.63, 3.8) is 0 Å². The Kier molecular flexibility index (Phi) is 11.4. The summed E-state index contributed by atoms with van der Waals surface area (Å²) >= 11 is 0. The summed E-state index contributed by atoms with van der Waals surface area (Å²) in [5.41, 5.74) is 12.7. The molecule has 2 atom stereocenters. The Morgan fingerprint density at radius 3 is 2.73 bits per heavy atom. The lowest BCUT2D eigenvalue weighted by molar-refractivity contribution is -0.122. The van der Waals surface area contributed by atoms with Gasteiger partial charge in [-0.05, 0) is 37.1 Å². The Bertz CT molecular complexity index is 585. The molecule has 1 aliphatic heterocycles. The van der Waals surface area contributed by atoms with E-state index in [-0.39, 0.29) is 55.2 Å². The molecule has 0 spiro atoms. The molecule has 1 heterocycles. The number of anilines is 1. The predicted octanol–water partition coefficient (Wildman–Crippen LogP) is 1.28. The summed E-state index contributed by atoms with van der Waals surface area (Å²) in [6.07, 6.45) is 1.71. The average Bonchev–Trinajstić information content (AvgIpc) is 3.01. The number of nitrogens with zero attached hydrogens (tertiary/aromatic N) is 1. The number of methoxy groups -OCH3 is 1. The van der Waals surface area contributed by atoms with Crippen LogP contribution in [0.2, 0.25) is 0 Å². The predicted molar refractivity (Wildman–Crippen MR) is 107 cm³/mol.